The second kappa shape index (κ2) is 10.3. The number of fused-ring (bicyclic) bond motifs is 1. The first-order valence-corrected chi connectivity index (χ1v) is 10.7. The predicted molar refractivity (Wildman–Crippen MR) is 127 cm³/mol. The van der Waals surface area contributed by atoms with Crippen LogP contribution in [-0.2, 0) is 0 Å². The first-order valence-electron chi connectivity index (χ1n) is 10.3. The summed E-state index contributed by atoms with van der Waals surface area (Å²) in [7, 11) is 0. The van der Waals surface area contributed by atoms with Crippen molar-refractivity contribution in [1.82, 2.24) is 9.88 Å². The van der Waals surface area contributed by atoms with Crippen molar-refractivity contribution in [2.45, 2.75) is 32.1 Å². The molecule has 4 nitrogen and oxygen atoms in total. The molecule has 0 bridgehead atoms. The van der Waals surface area contributed by atoms with Gasteiger partial charge in [-0.25, -0.2) is 0 Å². The third-order valence-electron chi connectivity index (χ3n) is 5.84. The summed E-state index contributed by atoms with van der Waals surface area (Å²) in [6.07, 6.45) is 3.41. The molecule has 1 aromatic heterocycles. The van der Waals surface area contributed by atoms with Gasteiger partial charge in [0.1, 0.15) is 5.75 Å². The number of ether oxygens (including phenoxy) is 1. The third-order valence-corrected chi connectivity index (χ3v) is 6.09. The van der Waals surface area contributed by atoms with Crippen LogP contribution in [0.4, 0.5) is 0 Å². The maximum absolute atomic E-state index is 11.6. The Balaban J connectivity index is 0.00000256. The summed E-state index contributed by atoms with van der Waals surface area (Å²) in [5.74, 6) is 1.50. The molecule has 160 valence electrons. The number of H-pyrrole nitrogens is 1. The molecule has 0 unspecified atom stereocenters. The number of likely N-dealkylation sites (tertiary alicyclic amines) is 1. The predicted octanol–water partition coefficient (Wildman–Crippen LogP) is 5.56. The van der Waals surface area contributed by atoms with Gasteiger partial charge in [0.2, 0.25) is 5.56 Å². The van der Waals surface area contributed by atoms with Crippen molar-refractivity contribution in [3.05, 3.63) is 75.0 Å². The van der Waals surface area contributed by atoms with Crippen LogP contribution in [0.5, 0.6) is 5.75 Å². The van der Waals surface area contributed by atoms with E-state index in [1.165, 1.54) is 18.4 Å². The molecule has 0 amide bonds. The standard InChI is InChI=1S/C24H27ClN2O2.ClH/c1-17-15-24(28)26-23-8-7-21(16-22(17)23)29-14-2-11-27-12-9-19(10-13-27)18-3-5-20(25)6-4-18;/h3-8,15-16,19H,2,9-14H2,1H3,(H,26,28);1H. The largest absolute Gasteiger partial charge is 0.494 e. The number of aryl methyl sites for hydroxylation is 1. The maximum atomic E-state index is 11.6. The van der Waals surface area contributed by atoms with Crippen molar-refractivity contribution >= 4 is 34.9 Å². The Morgan fingerprint density at radius 1 is 1.10 bits per heavy atom. The Bertz CT molecular complexity index is 1030. The van der Waals surface area contributed by atoms with Crippen LogP contribution in [-0.4, -0.2) is 36.1 Å². The lowest BCUT2D eigenvalue weighted by Gasteiger charge is -2.32. The molecule has 0 spiro atoms. The fraction of sp³-hybridized carbons (Fsp3) is 0.375. The molecule has 0 saturated carbocycles. The number of nitrogens with one attached hydrogen (secondary N) is 1. The van der Waals surface area contributed by atoms with Crippen LogP contribution < -0.4 is 10.3 Å². The van der Waals surface area contributed by atoms with Gasteiger partial charge < -0.3 is 14.6 Å². The zero-order valence-electron chi connectivity index (χ0n) is 17.2. The molecule has 6 heteroatoms. The first-order chi connectivity index (χ1) is 14.1. The number of aromatic amines is 1. The van der Waals surface area contributed by atoms with E-state index in [4.69, 9.17) is 16.3 Å². The zero-order chi connectivity index (χ0) is 20.2. The Kier molecular flexibility index (Phi) is 7.81. The number of rotatable bonds is 6. The van der Waals surface area contributed by atoms with Crippen LogP contribution >= 0.6 is 24.0 Å². The molecule has 1 aliphatic heterocycles. The van der Waals surface area contributed by atoms with E-state index in [0.29, 0.717) is 12.5 Å². The highest BCUT2D eigenvalue weighted by Crippen LogP contribution is 2.29. The number of hydrogen-bond donors (Lipinski definition) is 1. The lowest BCUT2D eigenvalue weighted by molar-refractivity contribution is 0.193. The van der Waals surface area contributed by atoms with Crippen LogP contribution in [0, 0.1) is 6.92 Å². The van der Waals surface area contributed by atoms with E-state index in [1.54, 1.807) is 6.07 Å². The Morgan fingerprint density at radius 2 is 1.83 bits per heavy atom. The topological polar surface area (TPSA) is 45.3 Å². The van der Waals surface area contributed by atoms with E-state index in [9.17, 15) is 4.79 Å². The maximum Gasteiger partial charge on any atom is 0.248 e. The highest BCUT2D eigenvalue weighted by molar-refractivity contribution is 6.30. The van der Waals surface area contributed by atoms with E-state index in [2.05, 4.69) is 22.0 Å². The second-order valence-corrected chi connectivity index (χ2v) is 8.33. The van der Waals surface area contributed by atoms with Crippen molar-refractivity contribution < 1.29 is 4.74 Å². The molecule has 2 heterocycles. The Morgan fingerprint density at radius 3 is 2.57 bits per heavy atom. The molecule has 0 atom stereocenters. The van der Waals surface area contributed by atoms with E-state index in [1.807, 2.05) is 37.3 Å². The van der Waals surface area contributed by atoms with Crippen LogP contribution in [0.15, 0.2) is 53.3 Å². The minimum Gasteiger partial charge on any atom is -0.494 e. The monoisotopic (exact) mass is 446 g/mol. The second-order valence-electron chi connectivity index (χ2n) is 7.89. The highest BCUT2D eigenvalue weighted by Gasteiger charge is 2.20. The fourth-order valence-corrected chi connectivity index (χ4v) is 4.32. The molecule has 30 heavy (non-hydrogen) atoms. The molecule has 0 aliphatic carbocycles. The molecule has 1 N–H and O–H groups in total. The van der Waals surface area contributed by atoms with Gasteiger partial charge in [-0.3, -0.25) is 4.79 Å². The smallest absolute Gasteiger partial charge is 0.248 e. The quantitative estimate of drug-likeness (QED) is 0.504. The van der Waals surface area contributed by atoms with Gasteiger partial charge in [0.15, 0.2) is 0 Å². The van der Waals surface area contributed by atoms with E-state index >= 15 is 0 Å². The number of aromatic nitrogens is 1. The molecule has 4 rings (SSSR count). The van der Waals surface area contributed by atoms with Crippen molar-refractivity contribution in [1.29, 1.82) is 0 Å². The van der Waals surface area contributed by atoms with Gasteiger partial charge in [-0.05, 0) is 86.7 Å². The van der Waals surface area contributed by atoms with Gasteiger partial charge in [-0.2, -0.15) is 0 Å². The van der Waals surface area contributed by atoms with Gasteiger partial charge in [0.05, 0.1) is 6.61 Å². The molecule has 2 aromatic carbocycles. The summed E-state index contributed by atoms with van der Waals surface area (Å²) in [5, 5.41) is 1.84. The normalized spacial score (nSPS) is 15.1. The van der Waals surface area contributed by atoms with Crippen LogP contribution in [0.2, 0.25) is 5.02 Å². The van der Waals surface area contributed by atoms with E-state index in [-0.39, 0.29) is 18.0 Å². The van der Waals surface area contributed by atoms with Gasteiger partial charge in [-0.1, -0.05) is 23.7 Å². The fourth-order valence-electron chi connectivity index (χ4n) is 4.19. The van der Waals surface area contributed by atoms with Crippen LogP contribution in [0.1, 0.15) is 36.3 Å². The lowest BCUT2D eigenvalue weighted by Crippen LogP contribution is -2.34. The summed E-state index contributed by atoms with van der Waals surface area (Å²) in [6.45, 7) is 5.99. The van der Waals surface area contributed by atoms with Crippen molar-refractivity contribution in [3.63, 3.8) is 0 Å². The van der Waals surface area contributed by atoms with E-state index < -0.39 is 0 Å². The molecular formula is C24H28Cl2N2O2. The molecule has 0 radical (unpaired) electrons. The number of hydrogen-bond acceptors (Lipinski definition) is 3. The van der Waals surface area contributed by atoms with Gasteiger partial charge >= 0.3 is 0 Å². The summed E-state index contributed by atoms with van der Waals surface area (Å²) in [6, 6.07) is 15.8. The Hall–Kier alpha value is -2.01. The molecular weight excluding hydrogens is 419 g/mol. The zero-order valence-corrected chi connectivity index (χ0v) is 18.8. The number of nitrogens with zero attached hydrogens (tertiary/aromatic N) is 1. The first kappa shape index (κ1) is 22.7. The van der Waals surface area contributed by atoms with Crippen molar-refractivity contribution in [2.75, 3.05) is 26.2 Å². The average Bonchev–Trinajstić information content (AvgIpc) is 2.72. The number of piperidine rings is 1. The molecule has 1 aliphatic rings. The average molecular weight is 447 g/mol. The molecule has 1 fully saturated rings. The van der Waals surface area contributed by atoms with Gasteiger partial charge in [-0.15, -0.1) is 12.4 Å². The summed E-state index contributed by atoms with van der Waals surface area (Å²) < 4.78 is 5.96. The van der Waals surface area contributed by atoms with Crippen LogP contribution in [0.25, 0.3) is 10.9 Å². The Labute approximate surface area is 188 Å². The van der Waals surface area contributed by atoms with Crippen molar-refractivity contribution in [2.24, 2.45) is 0 Å². The summed E-state index contributed by atoms with van der Waals surface area (Å²) in [4.78, 5) is 17.0. The minimum absolute atomic E-state index is 0. The van der Waals surface area contributed by atoms with Crippen molar-refractivity contribution in [3.8, 4) is 5.75 Å². The third kappa shape index (κ3) is 5.57. The number of benzene rings is 2. The summed E-state index contributed by atoms with van der Waals surface area (Å²) in [5.41, 5.74) is 3.16. The van der Waals surface area contributed by atoms with E-state index in [0.717, 1.165) is 53.3 Å². The molecule has 1 saturated heterocycles. The SMILES string of the molecule is Cc1cc(=O)[nH]c2ccc(OCCCN3CCC(c4ccc(Cl)cc4)CC3)cc12.Cl. The lowest BCUT2D eigenvalue weighted by atomic mass is 9.89. The number of pyridine rings is 1. The van der Waals surface area contributed by atoms with Crippen LogP contribution in [0.3, 0.4) is 0 Å². The minimum atomic E-state index is -0.0662. The molecule has 3 aromatic rings. The van der Waals surface area contributed by atoms with Gasteiger partial charge in [0, 0.05) is 28.5 Å². The van der Waals surface area contributed by atoms with Gasteiger partial charge in [0.25, 0.3) is 0 Å². The summed E-state index contributed by atoms with van der Waals surface area (Å²) >= 11 is 6.00. The highest BCUT2D eigenvalue weighted by atomic mass is 35.5. The number of halogens is 2.